The van der Waals surface area contributed by atoms with Crippen LogP contribution in [0.4, 0.5) is 0 Å². The molecule has 0 unspecified atom stereocenters. The Morgan fingerprint density at radius 2 is 1.88 bits per heavy atom. The van der Waals surface area contributed by atoms with Gasteiger partial charge in [0, 0.05) is 32.1 Å². The SMILES string of the molecule is O=C(O)CCC(=O)NC1CCN(Cc2ccc(Cl)c(Cl)c2)CC1.[H-].[Li+]. The fraction of sp³-hybridized carbons (Fsp3) is 0.500. The van der Waals surface area contributed by atoms with E-state index < -0.39 is 5.97 Å². The first-order chi connectivity index (χ1) is 10.9. The molecule has 0 radical (unpaired) electrons. The van der Waals surface area contributed by atoms with E-state index in [-0.39, 0.29) is 45.1 Å². The summed E-state index contributed by atoms with van der Waals surface area (Å²) in [4.78, 5) is 24.4. The molecule has 2 rings (SSSR count). The number of carboxylic acid groups (broad SMARTS) is 1. The number of likely N-dealkylation sites (tertiary alicyclic amines) is 1. The summed E-state index contributed by atoms with van der Waals surface area (Å²) in [6.45, 7) is 2.56. The zero-order valence-electron chi connectivity index (χ0n) is 14.7. The van der Waals surface area contributed by atoms with Gasteiger partial charge >= 0.3 is 24.8 Å². The number of amides is 1. The van der Waals surface area contributed by atoms with Crippen LogP contribution < -0.4 is 24.2 Å². The molecule has 1 heterocycles. The minimum Gasteiger partial charge on any atom is -1.00 e. The minimum atomic E-state index is -0.948. The van der Waals surface area contributed by atoms with E-state index in [2.05, 4.69) is 10.2 Å². The van der Waals surface area contributed by atoms with Crippen LogP contribution in [0.15, 0.2) is 18.2 Å². The molecule has 0 atom stereocenters. The molecular formula is C16H21Cl2LiN2O3. The standard InChI is InChI=1S/C16H20Cl2N2O3.Li.H/c17-13-2-1-11(9-14(13)18)10-20-7-5-12(6-8-20)19-15(21)3-4-16(22)23;;/h1-2,9,12H,3-8,10H2,(H,19,21)(H,22,23);;/q;+1;-1. The summed E-state index contributed by atoms with van der Waals surface area (Å²) in [7, 11) is 0. The maximum Gasteiger partial charge on any atom is 1.00 e. The molecule has 1 aromatic rings. The van der Waals surface area contributed by atoms with Gasteiger partial charge < -0.3 is 11.8 Å². The third kappa shape index (κ3) is 7.04. The smallest absolute Gasteiger partial charge is 1.00 e. The maximum atomic E-state index is 11.6. The summed E-state index contributed by atoms with van der Waals surface area (Å²) >= 11 is 11.9. The Morgan fingerprint density at radius 1 is 1.21 bits per heavy atom. The monoisotopic (exact) mass is 366 g/mol. The number of halogens is 2. The van der Waals surface area contributed by atoms with Crippen molar-refractivity contribution in [1.82, 2.24) is 10.2 Å². The second-order valence-electron chi connectivity index (χ2n) is 5.76. The van der Waals surface area contributed by atoms with Crippen LogP contribution in [0.2, 0.25) is 10.0 Å². The topological polar surface area (TPSA) is 69.6 Å². The number of aliphatic carboxylic acids is 1. The number of benzene rings is 1. The summed E-state index contributed by atoms with van der Waals surface area (Å²) < 4.78 is 0. The number of carboxylic acids is 1. The number of carbonyl (C=O) groups excluding carboxylic acids is 1. The number of nitrogens with one attached hydrogen (secondary N) is 1. The van der Waals surface area contributed by atoms with E-state index in [1.807, 2.05) is 12.1 Å². The molecule has 1 saturated heterocycles. The largest absolute Gasteiger partial charge is 1.00 e. The van der Waals surface area contributed by atoms with E-state index in [1.54, 1.807) is 6.07 Å². The van der Waals surface area contributed by atoms with Crippen LogP contribution in [0.5, 0.6) is 0 Å². The average Bonchev–Trinajstić information content (AvgIpc) is 2.51. The van der Waals surface area contributed by atoms with E-state index in [4.69, 9.17) is 28.3 Å². The first kappa shape index (κ1) is 21.3. The Morgan fingerprint density at radius 3 is 2.46 bits per heavy atom. The molecule has 0 spiro atoms. The Balaban J connectivity index is 0.00000288. The predicted molar refractivity (Wildman–Crippen MR) is 90.9 cm³/mol. The Kier molecular flexibility index (Phi) is 9.18. The van der Waals surface area contributed by atoms with Crippen molar-refractivity contribution < 1.29 is 35.0 Å². The van der Waals surface area contributed by atoms with Crippen molar-refractivity contribution in [3.05, 3.63) is 33.8 Å². The molecule has 2 N–H and O–H groups in total. The van der Waals surface area contributed by atoms with E-state index in [0.717, 1.165) is 38.0 Å². The molecule has 0 aromatic heterocycles. The van der Waals surface area contributed by atoms with Gasteiger partial charge in [0.2, 0.25) is 5.91 Å². The average molecular weight is 367 g/mol. The molecular weight excluding hydrogens is 346 g/mol. The minimum absolute atomic E-state index is 0. The van der Waals surface area contributed by atoms with Crippen LogP contribution in [0.25, 0.3) is 0 Å². The molecule has 0 saturated carbocycles. The molecule has 1 aliphatic rings. The van der Waals surface area contributed by atoms with Gasteiger partial charge in [-0.3, -0.25) is 14.5 Å². The van der Waals surface area contributed by atoms with Crippen molar-refractivity contribution in [2.24, 2.45) is 0 Å². The first-order valence-corrected chi connectivity index (χ1v) is 8.37. The van der Waals surface area contributed by atoms with Gasteiger partial charge in [0.15, 0.2) is 0 Å². The van der Waals surface area contributed by atoms with Gasteiger partial charge in [-0.15, -0.1) is 0 Å². The second kappa shape index (κ2) is 10.3. The Bertz CT molecular complexity index is 584. The zero-order valence-corrected chi connectivity index (χ0v) is 15.2. The summed E-state index contributed by atoms with van der Waals surface area (Å²) in [5, 5.41) is 12.6. The maximum absolute atomic E-state index is 11.6. The van der Waals surface area contributed by atoms with Gasteiger partial charge in [-0.05, 0) is 30.5 Å². The van der Waals surface area contributed by atoms with Crippen molar-refractivity contribution in [3.8, 4) is 0 Å². The van der Waals surface area contributed by atoms with Crippen LogP contribution >= 0.6 is 23.2 Å². The van der Waals surface area contributed by atoms with Gasteiger partial charge in [0.25, 0.3) is 0 Å². The fourth-order valence-electron chi connectivity index (χ4n) is 2.65. The van der Waals surface area contributed by atoms with Crippen LogP contribution in [-0.4, -0.2) is 41.0 Å². The van der Waals surface area contributed by atoms with Crippen LogP contribution in [0.3, 0.4) is 0 Å². The molecule has 1 aromatic carbocycles. The quantitative estimate of drug-likeness (QED) is 0.698. The van der Waals surface area contributed by atoms with Gasteiger partial charge in [-0.1, -0.05) is 29.3 Å². The zero-order chi connectivity index (χ0) is 16.8. The van der Waals surface area contributed by atoms with Gasteiger partial charge in [0.1, 0.15) is 0 Å². The Labute approximate surface area is 165 Å². The predicted octanol–water partition coefficient (Wildman–Crippen LogP) is 0.0553. The number of hydrogen-bond acceptors (Lipinski definition) is 3. The van der Waals surface area contributed by atoms with E-state index in [9.17, 15) is 9.59 Å². The third-order valence-corrected chi connectivity index (χ3v) is 4.65. The Hall–Kier alpha value is -0.703. The summed E-state index contributed by atoms with van der Waals surface area (Å²) in [5.74, 6) is -1.13. The van der Waals surface area contributed by atoms with E-state index in [0.29, 0.717) is 10.0 Å². The van der Waals surface area contributed by atoms with E-state index >= 15 is 0 Å². The normalized spacial score (nSPS) is 15.6. The van der Waals surface area contributed by atoms with Crippen molar-refractivity contribution in [3.63, 3.8) is 0 Å². The summed E-state index contributed by atoms with van der Waals surface area (Å²) in [6, 6.07) is 5.77. The molecule has 8 heteroatoms. The fourth-order valence-corrected chi connectivity index (χ4v) is 2.97. The van der Waals surface area contributed by atoms with Crippen molar-refractivity contribution in [2.45, 2.75) is 38.3 Å². The number of piperidine rings is 1. The van der Waals surface area contributed by atoms with Crippen LogP contribution in [0, 0.1) is 0 Å². The molecule has 1 fully saturated rings. The third-order valence-electron chi connectivity index (χ3n) is 3.91. The van der Waals surface area contributed by atoms with E-state index in [1.165, 1.54) is 0 Å². The van der Waals surface area contributed by atoms with Crippen molar-refractivity contribution in [2.75, 3.05) is 13.1 Å². The van der Waals surface area contributed by atoms with Crippen molar-refractivity contribution in [1.29, 1.82) is 0 Å². The summed E-state index contributed by atoms with van der Waals surface area (Å²) in [5.41, 5.74) is 1.11. The number of hydrogen-bond donors (Lipinski definition) is 2. The second-order valence-corrected chi connectivity index (χ2v) is 6.57. The molecule has 24 heavy (non-hydrogen) atoms. The molecule has 0 aliphatic carbocycles. The molecule has 1 aliphatic heterocycles. The van der Waals surface area contributed by atoms with Crippen LogP contribution in [-0.2, 0) is 16.1 Å². The number of carbonyl (C=O) groups is 2. The van der Waals surface area contributed by atoms with Crippen molar-refractivity contribution >= 4 is 35.1 Å². The molecule has 128 valence electrons. The summed E-state index contributed by atoms with van der Waals surface area (Å²) in [6.07, 6.45) is 1.64. The number of nitrogens with zero attached hydrogens (tertiary/aromatic N) is 1. The first-order valence-electron chi connectivity index (χ1n) is 7.61. The van der Waals surface area contributed by atoms with Gasteiger partial charge in [-0.25, -0.2) is 0 Å². The van der Waals surface area contributed by atoms with Crippen LogP contribution in [0.1, 0.15) is 32.7 Å². The van der Waals surface area contributed by atoms with Gasteiger partial charge in [-0.2, -0.15) is 0 Å². The molecule has 5 nitrogen and oxygen atoms in total. The molecule has 1 amide bonds. The number of rotatable bonds is 6. The van der Waals surface area contributed by atoms with Gasteiger partial charge in [0.05, 0.1) is 16.5 Å². The molecule has 0 bridgehead atoms.